The molecule has 0 saturated heterocycles. The van der Waals surface area contributed by atoms with Crippen molar-refractivity contribution in [1.82, 2.24) is 0 Å². The summed E-state index contributed by atoms with van der Waals surface area (Å²) in [6.07, 6.45) is 0. The lowest BCUT2D eigenvalue weighted by atomic mass is 10.1. The van der Waals surface area contributed by atoms with E-state index < -0.39 is 0 Å². The maximum absolute atomic E-state index is 9.45. The van der Waals surface area contributed by atoms with E-state index in [1.807, 2.05) is 36.4 Å². The van der Waals surface area contributed by atoms with E-state index in [1.165, 1.54) is 0 Å². The summed E-state index contributed by atoms with van der Waals surface area (Å²) in [5.41, 5.74) is 1.96. The number of rotatable bonds is 2. The SMILES string of the molecule is Oc1cccc(C2=NC(c3ccccc3)CO2)c1. The number of nitrogens with zero attached hydrogens (tertiary/aromatic N) is 1. The minimum Gasteiger partial charge on any atom is -0.508 e. The van der Waals surface area contributed by atoms with Crippen molar-refractivity contribution in [2.24, 2.45) is 4.99 Å². The lowest BCUT2D eigenvalue weighted by Crippen LogP contribution is -2.00. The molecular weight excluding hydrogens is 226 g/mol. The summed E-state index contributed by atoms with van der Waals surface area (Å²) in [4.78, 5) is 4.55. The molecular formula is C15H13NO2. The fraction of sp³-hybridized carbons (Fsp3) is 0.133. The third-order valence-electron chi connectivity index (χ3n) is 2.93. The first-order valence-electron chi connectivity index (χ1n) is 5.88. The van der Waals surface area contributed by atoms with Crippen molar-refractivity contribution < 1.29 is 9.84 Å². The van der Waals surface area contributed by atoms with Gasteiger partial charge in [-0.2, -0.15) is 0 Å². The lowest BCUT2D eigenvalue weighted by Gasteiger charge is -2.03. The summed E-state index contributed by atoms with van der Waals surface area (Å²) in [6.45, 7) is 0.551. The van der Waals surface area contributed by atoms with Crippen molar-refractivity contribution >= 4 is 5.90 Å². The second-order valence-electron chi connectivity index (χ2n) is 4.22. The van der Waals surface area contributed by atoms with Crippen LogP contribution in [0.2, 0.25) is 0 Å². The second-order valence-corrected chi connectivity index (χ2v) is 4.22. The number of ether oxygens (including phenoxy) is 1. The van der Waals surface area contributed by atoms with E-state index in [-0.39, 0.29) is 11.8 Å². The van der Waals surface area contributed by atoms with Gasteiger partial charge in [-0.25, -0.2) is 4.99 Å². The van der Waals surface area contributed by atoms with E-state index in [4.69, 9.17) is 4.74 Å². The maximum Gasteiger partial charge on any atom is 0.217 e. The Balaban J connectivity index is 1.88. The van der Waals surface area contributed by atoms with Gasteiger partial charge in [0.15, 0.2) is 0 Å². The zero-order valence-electron chi connectivity index (χ0n) is 9.78. The molecule has 1 aliphatic rings. The van der Waals surface area contributed by atoms with Gasteiger partial charge in [0.1, 0.15) is 18.4 Å². The highest BCUT2D eigenvalue weighted by Gasteiger charge is 2.21. The molecule has 1 unspecified atom stereocenters. The van der Waals surface area contributed by atoms with Crippen molar-refractivity contribution in [2.75, 3.05) is 6.61 Å². The molecule has 90 valence electrons. The summed E-state index contributed by atoms with van der Waals surface area (Å²) in [7, 11) is 0. The molecule has 0 radical (unpaired) electrons. The van der Waals surface area contributed by atoms with E-state index >= 15 is 0 Å². The zero-order valence-corrected chi connectivity index (χ0v) is 9.78. The molecule has 3 rings (SSSR count). The van der Waals surface area contributed by atoms with Crippen molar-refractivity contribution in [3.63, 3.8) is 0 Å². The van der Waals surface area contributed by atoms with Crippen LogP contribution in [0.5, 0.6) is 5.75 Å². The molecule has 3 heteroatoms. The molecule has 3 nitrogen and oxygen atoms in total. The number of hydrogen-bond donors (Lipinski definition) is 1. The number of aromatic hydroxyl groups is 1. The molecule has 1 N–H and O–H groups in total. The van der Waals surface area contributed by atoms with Gasteiger partial charge in [-0.1, -0.05) is 36.4 Å². The second kappa shape index (κ2) is 4.53. The van der Waals surface area contributed by atoms with E-state index in [1.54, 1.807) is 18.2 Å². The number of benzene rings is 2. The topological polar surface area (TPSA) is 41.8 Å². The van der Waals surface area contributed by atoms with Crippen molar-refractivity contribution in [3.8, 4) is 5.75 Å². The monoisotopic (exact) mass is 239 g/mol. The Kier molecular flexibility index (Phi) is 2.73. The largest absolute Gasteiger partial charge is 0.508 e. The van der Waals surface area contributed by atoms with Gasteiger partial charge in [0, 0.05) is 5.56 Å². The van der Waals surface area contributed by atoms with Crippen LogP contribution in [0.4, 0.5) is 0 Å². The molecule has 0 aromatic heterocycles. The third-order valence-corrected chi connectivity index (χ3v) is 2.93. The standard InChI is InChI=1S/C15H13NO2/c17-13-8-4-7-12(9-13)15-16-14(10-18-15)11-5-2-1-3-6-11/h1-9,14,17H,10H2. The summed E-state index contributed by atoms with van der Waals surface area (Å²) < 4.78 is 5.60. The Labute approximate surface area is 105 Å². The fourth-order valence-electron chi connectivity index (χ4n) is 2.02. The van der Waals surface area contributed by atoms with Crippen LogP contribution >= 0.6 is 0 Å². The summed E-state index contributed by atoms with van der Waals surface area (Å²) >= 11 is 0. The van der Waals surface area contributed by atoms with Gasteiger partial charge < -0.3 is 9.84 Å². The first-order valence-corrected chi connectivity index (χ1v) is 5.88. The van der Waals surface area contributed by atoms with Gasteiger partial charge in [0.25, 0.3) is 0 Å². The van der Waals surface area contributed by atoms with Crippen molar-refractivity contribution in [1.29, 1.82) is 0 Å². The van der Waals surface area contributed by atoms with Gasteiger partial charge in [0.05, 0.1) is 0 Å². The van der Waals surface area contributed by atoms with Gasteiger partial charge in [-0.3, -0.25) is 0 Å². The fourth-order valence-corrected chi connectivity index (χ4v) is 2.02. The summed E-state index contributed by atoms with van der Waals surface area (Å²) in [5.74, 6) is 0.821. The quantitative estimate of drug-likeness (QED) is 0.875. The number of hydrogen-bond acceptors (Lipinski definition) is 3. The molecule has 1 aliphatic heterocycles. The molecule has 0 aliphatic carbocycles. The van der Waals surface area contributed by atoms with E-state index in [2.05, 4.69) is 4.99 Å². The molecule has 0 bridgehead atoms. The van der Waals surface area contributed by atoms with Crippen molar-refractivity contribution in [3.05, 3.63) is 65.7 Å². The van der Waals surface area contributed by atoms with Crippen LogP contribution in [0.3, 0.4) is 0 Å². The Hall–Kier alpha value is -2.29. The van der Waals surface area contributed by atoms with Crippen LogP contribution < -0.4 is 0 Å². The normalized spacial score (nSPS) is 18.2. The zero-order chi connectivity index (χ0) is 12.4. The molecule has 0 fully saturated rings. The van der Waals surface area contributed by atoms with Gasteiger partial charge in [-0.15, -0.1) is 0 Å². The highest BCUT2D eigenvalue weighted by molar-refractivity contribution is 5.95. The molecule has 2 aromatic carbocycles. The smallest absolute Gasteiger partial charge is 0.217 e. The van der Waals surface area contributed by atoms with E-state index in [9.17, 15) is 5.11 Å². The minimum absolute atomic E-state index is 0.0450. The first-order chi connectivity index (χ1) is 8.83. The highest BCUT2D eigenvalue weighted by atomic mass is 16.5. The van der Waals surface area contributed by atoms with Gasteiger partial charge >= 0.3 is 0 Å². The van der Waals surface area contributed by atoms with Gasteiger partial charge in [-0.05, 0) is 23.8 Å². The molecule has 1 atom stereocenters. The number of phenols is 1. The Bertz CT molecular complexity index is 578. The third kappa shape index (κ3) is 2.07. The van der Waals surface area contributed by atoms with Crippen LogP contribution in [0.15, 0.2) is 59.6 Å². The van der Waals surface area contributed by atoms with Crippen LogP contribution in [0, 0.1) is 0 Å². The Morgan fingerprint density at radius 2 is 1.89 bits per heavy atom. The van der Waals surface area contributed by atoms with Crippen LogP contribution in [-0.2, 0) is 4.74 Å². The van der Waals surface area contributed by atoms with Crippen LogP contribution in [-0.4, -0.2) is 17.6 Å². The van der Waals surface area contributed by atoms with Gasteiger partial charge in [0.2, 0.25) is 5.90 Å². The van der Waals surface area contributed by atoms with E-state index in [0.717, 1.165) is 11.1 Å². The number of aliphatic imine (C=N–C) groups is 1. The Morgan fingerprint density at radius 3 is 2.67 bits per heavy atom. The average Bonchev–Trinajstić information content (AvgIpc) is 2.89. The predicted molar refractivity (Wildman–Crippen MR) is 69.8 cm³/mol. The maximum atomic E-state index is 9.45. The molecule has 18 heavy (non-hydrogen) atoms. The molecule has 0 amide bonds. The molecule has 1 heterocycles. The van der Waals surface area contributed by atoms with E-state index in [0.29, 0.717) is 12.5 Å². The minimum atomic E-state index is 0.0450. The summed E-state index contributed by atoms with van der Waals surface area (Å²) in [6, 6.07) is 17.1. The molecule has 0 saturated carbocycles. The average molecular weight is 239 g/mol. The molecule has 0 spiro atoms. The highest BCUT2D eigenvalue weighted by Crippen LogP contribution is 2.25. The predicted octanol–water partition coefficient (Wildman–Crippen LogP) is 2.91. The molecule has 2 aromatic rings. The Morgan fingerprint density at radius 1 is 1.06 bits per heavy atom. The van der Waals surface area contributed by atoms with Crippen LogP contribution in [0.25, 0.3) is 0 Å². The number of phenolic OH excluding ortho intramolecular Hbond substituents is 1. The first kappa shape index (κ1) is 10.8. The summed E-state index contributed by atoms with van der Waals surface area (Å²) in [5, 5.41) is 9.45. The lowest BCUT2D eigenvalue weighted by molar-refractivity contribution is 0.319. The van der Waals surface area contributed by atoms with Crippen LogP contribution in [0.1, 0.15) is 17.2 Å². The van der Waals surface area contributed by atoms with Crippen molar-refractivity contribution in [2.45, 2.75) is 6.04 Å².